The van der Waals surface area contributed by atoms with Gasteiger partial charge in [0.15, 0.2) is 5.69 Å². The standard InChI is InChI=1S/C10H13N5O2/c1-6(8-4-11-15(3)5-8)12-10(16)9-7(2)13-17-14-9/h4-6H,1-3H3,(H,12,16). The number of carbonyl (C=O) groups excluding carboxylic acids is 1. The van der Waals surface area contributed by atoms with E-state index in [0.29, 0.717) is 5.69 Å². The van der Waals surface area contributed by atoms with Crippen LogP contribution in [0.1, 0.15) is 34.7 Å². The van der Waals surface area contributed by atoms with Gasteiger partial charge in [0.1, 0.15) is 5.69 Å². The number of aryl methyl sites for hydroxylation is 2. The Bertz CT molecular complexity index is 530. The second-order valence-electron chi connectivity index (χ2n) is 3.84. The number of rotatable bonds is 3. The third-order valence-corrected chi connectivity index (χ3v) is 2.44. The zero-order valence-electron chi connectivity index (χ0n) is 9.84. The molecule has 0 fully saturated rings. The molecule has 1 N–H and O–H groups in total. The van der Waals surface area contributed by atoms with E-state index in [1.165, 1.54) is 0 Å². The van der Waals surface area contributed by atoms with Gasteiger partial charge < -0.3 is 5.32 Å². The minimum Gasteiger partial charge on any atom is -0.344 e. The van der Waals surface area contributed by atoms with Crippen LogP contribution in [0.5, 0.6) is 0 Å². The van der Waals surface area contributed by atoms with E-state index in [1.807, 2.05) is 20.2 Å². The lowest BCUT2D eigenvalue weighted by Gasteiger charge is -2.10. The van der Waals surface area contributed by atoms with Crippen molar-refractivity contribution in [2.45, 2.75) is 19.9 Å². The van der Waals surface area contributed by atoms with E-state index >= 15 is 0 Å². The molecule has 2 aromatic heterocycles. The largest absolute Gasteiger partial charge is 0.344 e. The second-order valence-corrected chi connectivity index (χ2v) is 3.84. The maximum absolute atomic E-state index is 11.8. The molecule has 0 aliphatic rings. The lowest BCUT2D eigenvalue weighted by Crippen LogP contribution is -2.27. The number of aromatic nitrogens is 4. The molecule has 1 amide bonds. The Morgan fingerprint density at radius 3 is 2.82 bits per heavy atom. The van der Waals surface area contributed by atoms with Crippen molar-refractivity contribution in [3.63, 3.8) is 0 Å². The molecule has 0 aliphatic heterocycles. The van der Waals surface area contributed by atoms with Crippen LogP contribution in [0.3, 0.4) is 0 Å². The Morgan fingerprint density at radius 1 is 1.53 bits per heavy atom. The van der Waals surface area contributed by atoms with Crippen molar-refractivity contribution in [2.75, 3.05) is 0 Å². The van der Waals surface area contributed by atoms with E-state index in [9.17, 15) is 4.79 Å². The molecule has 0 aromatic carbocycles. The maximum atomic E-state index is 11.8. The number of amides is 1. The van der Waals surface area contributed by atoms with E-state index in [4.69, 9.17) is 0 Å². The first-order valence-electron chi connectivity index (χ1n) is 5.16. The highest BCUT2D eigenvalue weighted by atomic mass is 16.6. The Balaban J connectivity index is 2.07. The Labute approximate surface area is 97.8 Å². The van der Waals surface area contributed by atoms with Crippen molar-refractivity contribution in [1.82, 2.24) is 25.4 Å². The Kier molecular flexibility index (Phi) is 2.90. The highest BCUT2D eigenvalue weighted by molar-refractivity contribution is 5.93. The van der Waals surface area contributed by atoms with Crippen LogP contribution in [0.4, 0.5) is 0 Å². The van der Waals surface area contributed by atoms with Crippen molar-refractivity contribution < 1.29 is 9.42 Å². The third kappa shape index (κ3) is 2.32. The van der Waals surface area contributed by atoms with Gasteiger partial charge >= 0.3 is 0 Å². The number of hydrogen-bond acceptors (Lipinski definition) is 5. The zero-order chi connectivity index (χ0) is 12.4. The molecule has 1 atom stereocenters. The minimum atomic E-state index is -0.305. The summed E-state index contributed by atoms with van der Waals surface area (Å²) in [6.07, 6.45) is 3.55. The lowest BCUT2D eigenvalue weighted by molar-refractivity contribution is 0.0929. The Morgan fingerprint density at radius 2 is 2.29 bits per heavy atom. The monoisotopic (exact) mass is 235 g/mol. The summed E-state index contributed by atoms with van der Waals surface area (Å²) in [5, 5.41) is 13.9. The molecule has 90 valence electrons. The smallest absolute Gasteiger partial charge is 0.275 e. The van der Waals surface area contributed by atoms with Gasteiger partial charge in [-0.05, 0) is 19.0 Å². The second kappa shape index (κ2) is 4.36. The summed E-state index contributed by atoms with van der Waals surface area (Å²) in [5.41, 5.74) is 1.61. The highest BCUT2D eigenvalue weighted by Crippen LogP contribution is 2.11. The molecule has 0 saturated carbocycles. The molecule has 0 bridgehead atoms. The van der Waals surface area contributed by atoms with Crippen molar-refractivity contribution in [1.29, 1.82) is 0 Å². The summed E-state index contributed by atoms with van der Waals surface area (Å²) in [4.78, 5) is 11.8. The van der Waals surface area contributed by atoms with Gasteiger partial charge in [-0.2, -0.15) is 5.10 Å². The van der Waals surface area contributed by atoms with Gasteiger partial charge in [0.25, 0.3) is 5.91 Å². The van der Waals surface area contributed by atoms with Crippen LogP contribution in [0.2, 0.25) is 0 Å². The first kappa shape index (κ1) is 11.3. The number of hydrogen-bond donors (Lipinski definition) is 1. The van der Waals surface area contributed by atoms with Crippen molar-refractivity contribution in [3.8, 4) is 0 Å². The average molecular weight is 235 g/mol. The van der Waals surface area contributed by atoms with E-state index < -0.39 is 0 Å². The van der Waals surface area contributed by atoms with Crippen molar-refractivity contribution in [3.05, 3.63) is 29.3 Å². The molecule has 2 heterocycles. The molecule has 17 heavy (non-hydrogen) atoms. The fraction of sp³-hybridized carbons (Fsp3) is 0.400. The molecule has 7 heteroatoms. The maximum Gasteiger partial charge on any atom is 0.275 e. The van der Waals surface area contributed by atoms with Gasteiger partial charge in [-0.1, -0.05) is 5.16 Å². The fourth-order valence-corrected chi connectivity index (χ4v) is 1.45. The number of nitrogens with zero attached hydrogens (tertiary/aromatic N) is 4. The quantitative estimate of drug-likeness (QED) is 0.842. The predicted molar refractivity (Wildman–Crippen MR) is 58.1 cm³/mol. The highest BCUT2D eigenvalue weighted by Gasteiger charge is 2.18. The number of carbonyl (C=O) groups is 1. The summed E-state index contributed by atoms with van der Waals surface area (Å²) in [6.45, 7) is 3.54. The van der Waals surface area contributed by atoms with Gasteiger partial charge in [0.05, 0.1) is 12.2 Å². The zero-order valence-corrected chi connectivity index (χ0v) is 9.84. The first-order valence-corrected chi connectivity index (χ1v) is 5.16. The summed E-state index contributed by atoms with van der Waals surface area (Å²) < 4.78 is 6.16. The number of nitrogens with one attached hydrogen (secondary N) is 1. The van der Waals surface area contributed by atoms with E-state index in [1.54, 1.807) is 17.8 Å². The van der Waals surface area contributed by atoms with Crippen molar-refractivity contribution >= 4 is 5.91 Å². The van der Waals surface area contributed by atoms with Crippen LogP contribution in [0, 0.1) is 6.92 Å². The molecule has 7 nitrogen and oxygen atoms in total. The summed E-state index contributed by atoms with van der Waals surface area (Å²) >= 11 is 0. The molecule has 2 aromatic rings. The van der Waals surface area contributed by atoms with Gasteiger partial charge in [0, 0.05) is 18.8 Å². The van der Waals surface area contributed by atoms with Crippen molar-refractivity contribution in [2.24, 2.45) is 7.05 Å². The molecule has 0 saturated heterocycles. The molecular formula is C10H13N5O2. The van der Waals surface area contributed by atoms with Crippen LogP contribution < -0.4 is 5.32 Å². The van der Waals surface area contributed by atoms with Crippen LogP contribution >= 0.6 is 0 Å². The molecule has 2 rings (SSSR count). The normalized spacial score (nSPS) is 12.4. The minimum absolute atomic E-state index is 0.146. The van der Waals surface area contributed by atoms with E-state index in [0.717, 1.165) is 5.56 Å². The Hall–Kier alpha value is -2.18. The summed E-state index contributed by atoms with van der Waals surface area (Å²) in [7, 11) is 1.82. The summed E-state index contributed by atoms with van der Waals surface area (Å²) in [5.74, 6) is -0.305. The SMILES string of the molecule is Cc1nonc1C(=O)NC(C)c1cnn(C)c1. The first-order chi connectivity index (χ1) is 8.08. The predicted octanol–water partition coefficient (Wildman–Crippen LogP) is 0.603. The van der Waals surface area contributed by atoms with Gasteiger partial charge in [-0.3, -0.25) is 9.48 Å². The molecule has 0 aliphatic carbocycles. The van der Waals surface area contributed by atoms with E-state index in [2.05, 4.69) is 25.4 Å². The van der Waals surface area contributed by atoms with Crippen LogP contribution in [0.25, 0.3) is 0 Å². The van der Waals surface area contributed by atoms with Crippen LogP contribution in [-0.4, -0.2) is 26.0 Å². The lowest BCUT2D eigenvalue weighted by atomic mass is 10.2. The molecule has 0 radical (unpaired) electrons. The topological polar surface area (TPSA) is 85.8 Å². The van der Waals surface area contributed by atoms with Gasteiger partial charge in [-0.15, -0.1) is 0 Å². The summed E-state index contributed by atoms with van der Waals surface area (Å²) in [6, 6.07) is -0.146. The van der Waals surface area contributed by atoms with Crippen LogP contribution in [-0.2, 0) is 7.05 Å². The van der Waals surface area contributed by atoms with Gasteiger partial charge in [0.2, 0.25) is 0 Å². The fourth-order valence-electron chi connectivity index (χ4n) is 1.45. The average Bonchev–Trinajstić information content (AvgIpc) is 2.86. The van der Waals surface area contributed by atoms with Crippen LogP contribution in [0.15, 0.2) is 17.0 Å². The molecular weight excluding hydrogens is 222 g/mol. The van der Waals surface area contributed by atoms with E-state index in [-0.39, 0.29) is 17.6 Å². The molecule has 0 spiro atoms. The third-order valence-electron chi connectivity index (χ3n) is 2.44. The molecule has 1 unspecified atom stereocenters. The van der Waals surface area contributed by atoms with Gasteiger partial charge in [-0.25, -0.2) is 4.63 Å².